The van der Waals surface area contributed by atoms with Crippen LogP contribution in [0.4, 0.5) is 4.39 Å². The Morgan fingerprint density at radius 1 is 0.958 bits per heavy atom. The van der Waals surface area contributed by atoms with Crippen molar-refractivity contribution < 1.29 is 19.1 Å². The van der Waals surface area contributed by atoms with Crippen molar-refractivity contribution in [1.82, 2.24) is 4.90 Å². The van der Waals surface area contributed by atoms with Crippen LogP contribution in [0.1, 0.15) is 27.9 Å². The smallest absolute Gasteiger partial charge is 0.335 e. The number of amides is 1. The molecule has 126 valence electrons. The average molecular weight is 329 g/mol. The van der Waals surface area contributed by atoms with Crippen molar-refractivity contribution in [2.45, 2.75) is 19.3 Å². The number of hydrogen-bond acceptors (Lipinski definition) is 2. The Labute approximate surface area is 140 Å². The number of likely N-dealkylation sites (N-methyl/N-ethyl adjacent to an activating group) is 1. The maximum atomic E-state index is 12.8. The van der Waals surface area contributed by atoms with Gasteiger partial charge in [0.15, 0.2) is 0 Å². The molecule has 0 saturated heterocycles. The molecule has 0 aliphatic heterocycles. The first-order chi connectivity index (χ1) is 11.5. The van der Waals surface area contributed by atoms with Gasteiger partial charge in [0, 0.05) is 20.0 Å². The molecule has 2 rings (SSSR count). The van der Waals surface area contributed by atoms with E-state index < -0.39 is 5.97 Å². The fraction of sp³-hybridized carbons (Fsp3) is 0.263. The molecule has 0 saturated carbocycles. The third-order valence-electron chi connectivity index (χ3n) is 3.90. The lowest BCUT2D eigenvalue weighted by Crippen LogP contribution is -2.29. The van der Waals surface area contributed by atoms with Crippen LogP contribution in [0.5, 0.6) is 0 Å². The van der Waals surface area contributed by atoms with Gasteiger partial charge < -0.3 is 10.0 Å². The fourth-order valence-electron chi connectivity index (χ4n) is 2.33. The van der Waals surface area contributed by atoms with Crippen LogP contribution in [0.25, 0.3) is 0 Å². The predicted molar refractivity (Wildman–Crippen MR) is 89.5 cm³/mol. The fourth-order valence-corrected chi connectivity index (χ4v) is 2.33. The van der Waals surface area contributed by atoms with E-state index in [1.165, 1.54) is 12.1 Å². The van der Waals surface area contributed by atoms with Gasteiger partial charge in [0.1, 0.15) is 5.82 Å². The van der Waals surface area contributed by atoms with Gasteiger partial charge in [0.05, 0.1) is 5.56 Å². The van der Waals surface area contributed by atoms with Crippen molar-refractivity contribution in [1.29, 1.82) is 0 Å². The van der Waals surface area contributed by atoms with Crippen molar-refractivity contribution in [3.8, 4) is 0 Å². The molecule has 0 fully saturated rings. The van der Waals surface area contributed by atoms with Gasteiger partial charge in [-0.05, 0) is 48.2 Å². The zero-order valence-corrected chi connectivity index (χ0v) is 13.5. The number of aromatic carboxylic acids is 1. The summed E-state index contributed by atoms with van der Waals surface area (Å²) in [5.41, 5.74) is 2.15. The first-order valence-corrected chi connectivity index (χ1v) is 7.76. The Morgan fingerprint density at radius 2 is 1.50 bits per heavy atom. The van der Waals surface area contributed by atoms with Crippen molar-refractivity contribution in [3.05, 3.63) is 71.0 Å². The molecule has 5 heteroatoms. The van der Waals surface area contributed by atoms with Crippen LogP contribution in [-0.2, 0) is 17.6 Å². The highest BCUT2D eigenvalue weighted by Gasteiger charge is 2.09. The lowest BCUT2D eigenvalue weighted by molar-refractivity contribution is -0.129. The summed E-state index contributed by atoms with van der Waals surface area (Å²) in [4.78, 5) is 24.6. The number of carboxylic acid groups (broad SMARTS) is 1. The number of carboxylic acids is 1. The third kappa shape index (κ3) is 5.19. The monoisotopic (exact) mass is 329 g/mol. The van der Waals surface area contributed by atoms with Gasteiger partial charge in [0.2, 0.25) is 5.91 Å². The molecular formula is C19H20FNO3. The Balaban J connectivity index is 1.78. The Bertz CT molecular complexity index is 696. The van der Waals surface area contributed by atoms with Gasteiger partial charge in [0.25, 0.3) is 0 Å². The summed E-state index contributed by atoms with van der Waals surface area (Å²) in [7, 11) is 1.75. The second kappa shape index (κ2) is 8.24. The van der Waals surface area contributed by atoms with Crippen molar-refractivity contribution in [2.75, 3.05) is 13.6 Å². The van der Waals surface area contributed by atoms with E-state index in [1.54, 1.807) is 48.3 Å². The predicted octanol–water partition coefficient (Wildman–Crippen LogP) is 3.16. The largest absolute Gasteiger partial charge is 0.478 e. The lowest BCUT2D eigenvalue weighted by atomic mass is 10.1. The Morgan fingerprint density at radius 3 is 2.08 bits per heavy atom. The molecule has 0 radical (unpaired) electrons. The van der Waals surface area contributed by atoms with Gasteiger partial charge in [-0.25, -0.2) is 9.18 Å². The summed E-state index contributed by atoms with van der Waals surface area (Å²) in [5, 5.41) is 8.85. The molecule has 2 aromatic rings. The highest BCUT2D eigenvalue weighted by molar-refractivity contribution is 5.87. The van der Waals surface area contributed by atoms with Crippen LogP contribution >= 0.6 is 0 Å². The highest BCUT2D eigenvalue weighted by atomic mass is 19.1. The molecule has 1 amide bonds. The quantitative estimate of drug-likeness (QED) is 0.849. The van der Waals surface area contributed by atoms with E-state index in [4.69, 9.17) is 5.11 Å². The van der Waals surface area contributed by atoms with Crippen LogP contribution in [0.3, 0.4) is 0 Å². The molecule has 0 spiro atoms. The second-order valence-electron chi connectivity index (χ2n) is 5.69. The van der Waals surface area contributed by atoms with Crippen LogP contribution in [0, 0.1) is 5.82 Å². The van der Waals surface area contributed by atoms with Gasteiger partial charge in [-0.15, -0.1) is 0 Å². The van der Waals surface area contributed by atoms with E-state index in [-0.39, 0.29) is 17.3 Å². The second-order valence-corrected chi connectivity index (χ2v) is 5.69. The first kappa shape index (κ1) is 17.7. The Kier molecular flexibility index (Phi) is 6.07. The average Bonchev–Trinajstić information content (AvgIpc) is 2.59. The van der Waals surface area contributed by atoms with E-state index in [0.29, 0.717) is 25.8 Å². The molecule has 1 N–H and O–H groups in total. The Hall–Kier alpha value is -2.69. The SMILES string of the molecule is CN(CCc1ccc(F)cc1)C(=O)CCc1ccc(C(=O)O)cc1. The van der Waals surface area contributed by atoms with E-state index >= 15 is 0 Å². The molecule has 0 heterocycles. The van der Waals surface area contributed by atoms with Crippen LogP contribution in [0.15, 0.2) is 48.5 Å². The topological polar surface area (TPSA) is 57.6 Å². The molecule has 4 nitrogen and oxygen atoms in total. The molecule has 2 aromatic carbocycles. The zero-order valence-electron chi connectivity index (χ0n) is 13.5. The van der Waals surface area contributed by atoms with Crippen molar-refractivity contribution in [3.63, 3.8) is 0 Å². The van der Waals surface area contributed by atoms with Gasteiger partial charge >= 0.3 is 5.97 Å². The van der Waals surface area contributed by atoms with Crippen LogP contribution in [0.2, 0.25) is 0 Å². The summed E-state index contributed by atoms with van der Waals surface area (Å²) >= 11 is 0. The lowest BCUT2D eigenvalue weighted by Gasteiger charge is -2.17. The van der Waals surface area contributed by atoms with Crippen molar-refractivity contribution >= 4 is 11.9 Å². The highest BCUT2D eigenvalue weighted by Crippen LogP contribution is 2.09. The molecule has 0 bridgehead atoms. The maximum absolute atomic E-state index is 12.8. The summed E-state index contributed by atoms with van der Waals surface area (Å²) in [6, 6.07) is 12.8. The number of aryl methyl sites for hydroxylation is 1. The van der Waals surface area contributed by atoms with E-state index in [1.807, 2.05) is 0 Å². The molecular weight excluding hydrogens is 309 g/mol. The molecule has 0 aliphatic carbocycles. The normalized spacial score (nSPS) is 10.4. The van der Waals surface area contributed by atoms with E-state index in [9.17, 15) is 14.0 Å². The minimum Gasteiger partial charge on any atom is -0.478 e. The number of halogens is 1. The maximum Gasteiger partial charge on any atom is 0.335 e. The first-order valence-electron chi connectivity index (χ1n) is 7.76. The van der Waals surface area contributed by atoms with E-state index in [0.717, 1.165) is 11.1 Å². The zero-order chi connectivity index (χ0) is 17.5. The minimum absolute atomic E-state index is 0.0272. The van der Waals surface area contributed by atoms with Gasteiger partial charge in [-0.3, -0.25) is 4.79 Å². The number of hydrogen-bond donors (Lipinski definition) is 1. The summed E-state index contributed by atoms with van der Waals surface area (Å²) < 4.78 is 12.8. The molecule has 0 aromatic heterocycles. The van der Waals surface area contributed by atoms with Gasteiger partial charge in [-0.2, -0.15) is 0 Å². The summed E-state index contributed by atoms with van der Waals surface area (Å²) in [5.74, 6) is -1.20. The molecule has 0 aliphatic rings. The minimum atomic E-state index is -0.960. The molecule has 0 unspecified atom stereocenters. The number of nitrogens with zero attached hydrogens (tertiary/aromatic N) is 1. The number of carbonyl (C=O) groups excluding carboxylic acids is 1. The molecule has 24 heavy (non-hydrogen) atoms. The van der Waals surface area contributed by atoms with Crippen LogP contribution < -0.4 is 0 Å². The number of benzene rings is 2. The number of carbonyl (C=O) groups is 2. The van der Waals surface area contributed by atoms with E-state index in [2.05, 4.69) is 0 Å². The summed E-state index contributed by atoms with van der Waals surface area (Å²) in [6.07, 6.45) is 1.61. The number of rotatable bonds is 7. The standard InChI is InChI=1S/C19H20FNO3/c1-21(13-12-15-4-9-17(20)10-5-15)18(22)11-6-14-2-7-16(8-3-14)19(23)24/h2-5,7-10H,6,11-13H2,1H3,(H,23,24). The third-order valence-corrected chi connectivity index (χ3v) is 3.90. The van der Waals surface area contributed by atoms with Crippen molar-refractivity contribution in [2.24, 2.45) is 0 Å². The summed E-state index contributed by atoms with van der Waals surface area (Å²) in [6.45, 7) is 0.572. The molecule has 0 atom stereocenters. The van der Waals surface area contributed by atoms with Crippen LogP contribution in [-0.4, -0.2) is 35.5 Å². The van der Waals surface area contributed by atoms with Gasteiger partial charge in [-0.1, -0.05) is 24.3 Å².